The zero-order valence-electron chi connectivity index (χ0n) is 14.3. The second-order valence-corrected chi connectivity index (χ2v) is 6.52. The van der Waals surface area contributed by atoms with Crippen LogP contribution in [-0.4, -0.2) is 29.6 Å². The van der Waals surface area contributed by atoms with Gasteiger partial charge in [-0.15, -0.1) is 0 Å². The monoisotopic (exact) mass is 340 g/mol. The number of rotatable bonds is 6. The van der Waals surface area contributed by atoms with Gasteiger partial charge in [0.1, 0.15) is 0 Å². The van der Waals surface area contributed by atoms with E-state index in [1.54, 1.807) is 18.2 Å². The van der Waals surface area contributed by atoms with Gasteiger partial charge in [-0.3, -0.25) is 4.79 Å². The highest BCUT2D eigenvalue weighted by atomic mass is 16.5. The molecule has 0 saturated heterocycles. The van der Waals surface area contributed by atoms with Crippen molar-refractivity contribution in [2.24, 2.45) is 5.92 Å². The van der Waals surface area contributed by atoms with Crippen LogP contribution < -0.4 is 5.32 Å². The lowest BCUT2D eigenvalue weighted by Gasteiger charge is -2.21. The summed E-state index contributed by atoms with van der Waals surface area (Å²) >= 11 is 0. The summed E-state index contributed by atoms with van der Waals surface area (Å²) in [7, 11) is 0. The maximum atomic E-state index is 12.2. The maximum Gasteiger partial charge on any atom is 0.338 e. The first-order chi connectivity index (χ1) is 12.2. The highest BCUT2D eigenvalue weighted by molar-refractivity contribution is 5.91. The Balaban J connectivity index is 1.47. The predicted molar refractivity (Wildman–Crippen MR) is 95.6 cm³/mol. The zero-order chi connectivity index (χ0) is 17.5. The van der Waals surface area contributed by atoms with E-state index in [1.165, 1.54) is 32.1 Å². The molecule has 1 aromatic heterocycles. The van der Waals surface area contributed by atoms with Crippen LogP contribution in [-0.2, 0) is 9.53 Å². The van der Waals surface area contributed by atoms with E-state index in [0.29, 0.717) is 18.0 Å². The molecule has 25 heavy (non-hydrogen) atoms. The average molecular weight is 340 g/mol. The van der Waals surface area contributed by atoms with Crippen molar-refractivity contribution in [3.05, 3.63) is 54.4 Å². The number of nitrogens with zero attached hydrogens (tertiary/aromatic N) is 1. The largest absolute Gasteiger partial charge is 0.452 e. The van der Waals surface area contributed by atoms with Crippen molar-refractivity contribution in [2.75, 3.05) is 13.2 Å². The van der Waals surface area contributed by atoms with Crippen LogP contribution in [0.25, 0.3) is 5.69 Å². The minimum Gasteiger partial charge on any atom is -0.452 e. The van der Waals surface area contributed by atoms with Crippen molar-refractivity contribution in [1.29, 1.82) is 0 Å². The molecule has 1 aliphatic carbocycles. The number of ether oxygens (including phenoxy) is 1. The lowest BCUT2D eigenvalue weighted by Crippen LogP contribution is -2.33. The van der Waals surface area contributed by atoms with Crippen LogP contribution in [0.1, 0.15) is 42.5 Å². The van der Waals surface area contributed by atoms with E-state index >= 15 is 0 Å². The summed E-state index contributed by atoms with van der Waals surface area (Å²) in [4.78, 5) is 24.0. The van der Waals surface area contributed by atoms with Crippen LogP contribution in [0, 0.1) is 5.92 Å². The molecule has 1 fully saturated rings. The second kappa shape index (κ2) is 8.51. The van der Waals surface area contributed by atoms with Crippen molar-refractivity contribution in [2.45, 2.75) is 32.1 Å². The van der Waals surface area contributed by atoms with Crippen LogP contribution in [0.2, 0.25) is 0 Å². The molecule has 1 saturated carbocycles. The Morgan fingerprint density at radius 2 is 1.84 bits per heavy atom. The van der Waals surface area contributed by atoms with E-state index in [-0.39, 0.29) is 12.5 Å². The third-order valence-electron chi connectivity index (χ3n) is 4.63. The van der Waals surface area contributed by atoms with Gasteiger partial charge in [0, 0.05) is 24.6 Å². The molecule has 1 N–H and O–H groups in total. The molecular weight excluding hydrogens is 316 g/mol. The SMILES string of the molecule is O=C(COC(=O)c1cccc(-n2cccc2)c1)NCC1CCCCC1. The average Bonchev–Trinajstić information content (AvgIpc) is 3.20. The molecule has 1 aromatic carbocycles. The smallest absolute Gasteiger partial charge is 0.338 e. The van der Waals surface area contributed by atoms with Crippen molar-refractivity contribution >= 4 is 11.9 Å². The number of carbonyl (C=O) groups excluding carboxylic acids is 2. The van der Waals surface area contributed by atoms with Gasteiger partial charge >= 0.3 is 5.97 Å². The van der Waals surface area contributed by atoms with Gasteiger partial charge < -0.3 is 14.6 Å². The van der Waals surface area contributed by atoms with Crippen LogP contribution in [0.5, 0.6) is 0 Å². The van der Waals surface area contributed by atoms with Gasteiger partial charge in [0.05, 0.1) is 5.56 Å². The third-order valence-corrected chi connectivity index (χ3v) is 4.63. The number of nitrogens with one attached hydrogen (secondary N) is 1. The number of esters is 1. The second-order valence-electron chi connectivity index (χ2n) is 6.52. The molecule has 0 bridgehead atoms. The first kappa shape index (κ1) is 17.3. The van der Waals surface area contributed by atoms with Crippen molar-refractivity contribution in [3.63, 3.8) is 0 Å². The summed E-state index contributed by atoms with van der Waals surface area (Å²) in [5.74, 6) is -0.158. The molecule has 0 unspecified atom stereocenters. The van der Waals surface area contributed by atoms with Gasteiger partial charge in [0.15, 0.2) is 6.61 Å². The van der Waals surface area contributed by atoms with E-state index in [9.17, 15) is 9.59 Å². The fourth-order valence-electron chi connectivity index (χ4n) is 3.22. The minimum absolute atomic E-state index is 0.236. The molecule has 1 amide bonds. The van der Waals surface area contributed by atoms with Gasteiger partial charge in [-0.2, -0.15) is 0 Å². The van der Waals surface area contributed by atoms with Gasteiger partial charge in [-0.1, -0.05) is 25.3 Å². The number of benzene rings is 1. The van der Waals surface area contributed by atoms with E-state index in [1.807, 2.05) is 35.2 Å². The van der Waals surface area contributed by atoms with Crippen LogP contribution in [0.15, 0.2) is 48.8 Å². The fourth-order valence-corrected chi connectivity index (χ4v) is 3.22. The molecule has 2 aromatic rings. The normalized spacial score (nSPS) is 14.9. The fraction of sp³-hybridized carbons (Fsp3) is 0.400. The van der Waals surface area contributed by atoms with Crippen molar-refractivity contribution in [3.8, 4) is 5.69 Å². The zero-order valence-corrected chi connectivity index (χ0v) is 14.3. The van der Waals surface area contributed by atoms with Gasteiger partial charge in [-0.05, 0) is 49.1 Å². The van der Waals surface area contributed by atoms with Crippen LogP contribution >= 0.6 is 0 Å². The first-order valence-corrected chi connectivity index (χ1v) is 8.89. The third kappa shape index (κ3) is 4.95. The van der Waals surface area contributed by atoms with Crippen LogP contribution in [0.3, 0.4) is 0 Å². The van der Waals surface area contributed by atoms with Crippen LogP contribution in [0.4, 0.5) is 0 Å². The molecule has 5 nitrogen and oxygen atoms in total. The summed E-state index contributed by atoms with van der Waals surface area (Å²) in [5, 5.41) is 2.87. The van der Waals surface area contributed by atoms with E-state index in [2.05, 4.69) is 5.32 Å². The Hall–Kier alpha value is -2.56. The summed E-state index contributed by atoms with van der Waals surface area (Å²) in [6.07, 6.45) is 9.94. The quantitative estimate of drug-likeness (QED) is 0.821. The highest BCUT2D eigenvalue weighted by Crippen LogP contribution is 2.22. The van der Waals surface area contributed by atoms with E-state index in [0.717, 1.165) is 5.69 Å². The lowest BCUT2D eigenvalue weighted by atomic mass is 9.89. The number of carbonyl (C=O) groups is 2. The van der Waals surface area contributed by atoms with E-state index < -0.39 is 5.97 Å². The Morgan fingerprint density at radius 1 is 1.08 bits per heavy atom. The minimum atomic E-state index is -0.484. The lowest BCUT2D eigenvalue weighted by molar-refractivity contribution is -0.124. The van der Waals surface area contributed by atoms with Crippen molar-refractivity contribution < 1.29 is 14.3 Å². The topological polar surface area (TPSA) is 60.3 Å². The Morgan fingerprint density at radius 3 is 2.60 bits per heavy atom. The molecular formula is C20H24N2O3. The summed E-state index contributed by atoms with van der Waals surface area (Å²) < 4.78 is 7.05. The molecule has 0 atom stereocenters. The molecule has 0 radical (unpaired) electrons. The molecule has 0 spiro atoms. The number of amides is 1. The summed E-state index contributed by atoms with van der Waals surface area (Å²) in [6, 6.07) is 11.0. The van der Waals surface area contributed by atoms with Gasteiger partial charge in [0.25, 0.3) is 5.91 Å². The number of aromatic nitrogens is 1. The molecule has 3 rings (SSSR count). The Labute approximate surface area is 148 Å². The Kier molecular flexibility index (Phi) is 5.88. The number of hydrogen-bond donors (Lipinski definition) is 1. The first-order valence-electron chi connectivity index (χ1n) is 8.89. The standard InChI is InChI=1S/C20H24N2O3/c23-19(21-14-16-7-2-1-3-8-16)15-25-20(24)17-9-6-10-18(13-17)22-11-4-5-12-22/h4-6,9-13,16H,1-3,7-8,14-15H2,(H,21,23). The van der Waals surface area contributed by atoms with E-state index in [4.69, 9.17) is 4.74 Å². The maximum absolute atomic E-state index is 12.2. The Bertz CT molecular complexity index is 703. The predicted octanol–water partition coefficient (Wildman–Crippen LogP) is 3.33. The highest BCUT2D eigenvalue weighted by Gasteiger charge is 2.15. The number of hydrogen-bond acceptors (Lipinski definition) is 3. The molecule has 0 aliphatic heterocycles. The summed E-state index contributed by atoms with van der Waals surface area (Å²) in [5.41, 5.74) is 1.31. The summed E-state index contributed by atoms with van der Waals surface area (Å²) in [6.45, 7) is 0.443. The molecule has 1 heterocycles. The molecule has 132 valence electrons. The van der Waals surface area contributed by atoms with Crippen molar-refractivity contribution in [1.82, 2.24) is 9.88 Å². The molecule has 1 aliphatic rings. The van der Waals surface area contributed by atoms with Gasteiger partial charge in [0.2, 0.25) is 0 Å². The van der Waals surface area contributed by atoms with Gasteiger partial charge in [-0.25, -0.2) is 4.79 Å². The molecule has 5 heteroatoms.